The largest absolute Gasteiger partial charge is 0.492 e. The lowest BCUT2D eigenvalue weighted by atomic mass is 10.1. The molecule has 2 aromatic rings. The van der Waals surface area contributed by atoms with Crippen LogP contribution in [0.4, 0.5) is 4.39 Å². The van der Waals surface area contributed by atoms with Crippen molar-refractivity contribution in [3.05, 3.63) is 59.4 Å². The molecule has 0 saturated heterocycles. The highest BCUT2D eigenvalue weighted by atomic mass is 19.1. The first kappa shape index (κ1) is 18.8. The van der Waals surface area contributed by atoms with Crippen LogP contribution in [-0.2, 0) is 4.79 Å². The summed E-state index contributed by atoms with van der Waals surface area (Å²) in [4.78, 5) is 12.2. The first-order valence-electron chi connectivity index (χ1n) is 8.39. The van der Waals surface area contributed by atoms with Gasteiger partial charge in [0.2, 0.25) is 0 Å². The average molecular weight is 345 g/mol. The Labute approximate surface area is 148 Å². The van der Waals surface area contributed by atoms with E-state index in [4.69, 9.17) is 9.47 Å². The van der Waals surface area contributed by atoms with Crippen molar-refractivity contribution >= 4 is 5.91 Å². The summed E-state index contributed by atoms with van der Waals surface area (Å²) in [6.45, 7) is 6.65. The smallest absolute Gasteiger partial charge is 0.261 e. The van der Waals surface area contributed by atoms with E-state index in [1.165, 1.54) is 24.3 Å². The predicted octanol–water partition coefficient (Wildman–Crippen LogP) is 3.80. The molecule has 0 saturated carbocycles. The van der Waals surface area contributed by atoms with E-state index in [0.717, 1.165) is 16.9 Å². The van der Waals surface area contributed by atoms with Crippen LogP contribution < -0.4 is 14.8 Å². The van der Waals surface area contributed by atoms with Crippen LogP contribution in [0.3, 0.4) is 0 Å². The summed E-state index contributed by atoms with van der Waals surface area (Å²) in [5, 5.41) is 2.80. The minimum atomic E-state index is -0.619. The second-order valence-electron chi connectivity index (χ2n) is 5.93. The standard InChI is InChI=1S/C20H24FNO3/c1-4-19(25-17-7-5-16(21)6-8-17)20(23)22-9-10-24-18-12-14(2)11-15(3)13-18/h5-8,11-13,19H,4,9-10H2,1-3H3,(H,22,23)/t19-/m1/s1. The summed E-state index contributed by atoms with van der Waals surface area (Å²) >= 11 is 0. The van der Waals surface area contributed by atoms with E-state index in [9.17, 15) is 9.18 Å². The third-order valence-electron chi connectivity index (χ3n) is 3.62. The average Bonchev–Trinajstić information content (AvgIpc) is 2.57. The van der Waals surface area contributed by atoms with Gasteiger partial charge in [-0.1, -0.05) is 13.0 Å². The maximum Gasteiger partial charge on any atom is 0.261 e. The van der Waals surface area contributed by atoms with Crippen molar-refractivity contribution in [1.29, 1.82) is 0 Å². The fourth-order valence-corrected chi connectivity index (χ4v) is 2.47. The molecule has 0 aromatic heterocycles. The summed E-state index contributed by atoms with van der Waals surface area (Å²) in [6.07, 6.45) is -0.104. The number of benzene rings is 2. The molecule has 1 N–H and O–H groups in total. The second kappa shape index (κ2) is 9.06. The van der Waals surface area contributed by atoms with E-state index in [2.05, 4.69) is 11.4 Å². The molecule has 134 valence electrons. The molecule has 0 aliphatic rings. The number of halogens is 1. The molecule has 0 aliphatic carbocycles. The molecule has 0 radical (unpaired) electrons. The first-order valence-corrected chi connectivity index (χ1v) is 8.39. The molecule has 25 heavy (non-hydrogen) atoms. The molecule has 5 heteroatoms. The summed E-state index contributed by atoms with van der Waals surface area (Å²) in [5.74, 6) is 0.709. The molecule has 2 rings (SSSR count). The first-order chi connectivity index (χ1) is 12.0. The Morgan fingerprint density at radius 2 is 1.72 bits per heavy atom. The van der Waals surface area contributed by atoms with Gasteiger partial charge in [-0.3, -0.25) is 4.79 Å². The van der Waals surface area contributed by atoms with Crippen molar-refractivity contribution in [1.82, 2.24) is 5.32 Å². The minimum absolute atomic E-state index is 0.212. The third-order valence-corrected chi connectivity index (χ3v) is 3.62. The van der Waals surface area contributed by atoms with Gasteiger partial charge in [0.1, 0.15) is 23.9 Å². The van der Waals surface area contributed by atoms with Crippen LogP contribution in [0.25, 0.3) is 0 Å². The quantitative estimate of drug-likeness (QED) is 0.741. The van der Waals surface area contributed by atoms with Gasteiger partial charge in [0.05, 0.1) is 6.54 Å². The topological polar surface area (TPSA) is 47.6 Å². The van der Waals surface area contributed by atoms with Crippen LogP contribution in [0.15, 0.2) is 42.5 Å². The molecule has 2 aromatic carbocycles. The lowest BCUT2D eigenvalue weighted by Crippen LogP contribution is -2.39. The van der Waals surface area contributed by atoms with E-state index in [-0.39, 0.29) is 11.7 Å². The lowest BCUT2D eigenvalue weighted by molar-refractivity contribution is -0.128. The van der Waals surface area contributed by atoms with Crippen LogP contribution in [0.5, 0.6) is 11.5 Å². The number of hydrogen-bond donors (Lipinski definition) is 1. The molecular weight excluding hydrogens is 321 g/mol. The molecule has 4 nitrogen and oxygen atoms in total. The van der Waals surface area contributed by atoms with E-state index in [0.29, 0.717) is 25.3 Å². The molecule has 1 atom stereocenters. The molecule has 0 fully saturated rings. The van der Waals surface area contributed by atoms with Gasteiger partial charge in [0.25, 0.3) is 5.91 Å². The van der Waals surface area contributed by atoms with Crippen molar-refractivity contribution in [2.24, 2.45) is 0 Å². The summed E-state index contributed by atoms with van der Waals surface area (Å²) in [7, 11) is 0. The molecule has 0 bridgehead atoms. The Balaban J connectivity index is 1.78. The van der Waals surface area contributed by atoms with E-state index in [1.807, 2.05) is 32.9 Å². The van der Waals surface area contributed by atoms with Crippen molar-refractivity contribution in [2.75, 3.05) is 13.2 Å². The zero-order valence-corrected chi connectivity index (χ0v) is 14.8. The van der Waals surface area contributed by atoms with Crippen LogP contribution in [0.2, 0.25) is 0 Å². The Kier molecular flexibility index (Phi) is 6.81. The number of amides is 1. The van der Waals surface area contributed by atoms with Gasteiger partial charge >= 0.3 is 0 Å². The SMILES string of the molecule is CC[C@@H](Oc1ccc(F)cc1)C(=O)NCCOc1cc(C)cc(C)c1. The highest BCUT2D eigenvalue weighted by molar-refractivity contribution is 5.81. The van der Waals surface area contributed by atoms with E-state index >= 15 is 0 Å². The second-order valence-corrected chi connectivity index (χ2v) is 5.93. The van der Waals surface area contributed by atoms with Crippen molar-refractivity contribution < 1.29 is 18.7 Å². The van der Waals surface area contributed by atoms with Crippen molar-refractivity contribution in [2.45, 2.75) is 33.3 Å². The zero-order valence-electron chi connectivity index (χ0n) is 14.8. The maximum absolute atomic E-state index is 12.9. The predicted molar refractivity (Wildman–Crippen MR) is 95.5 cm³/mol. The van der Waals surface area contributed by atoms with E-state index in [1.54, 1.807) is 0 Å². The highest BCUT2D eigenvalue weighted by Gasteiger charge is 2.17. The molecule has 0 unspecified atom stereocenters. The number of carbonyl (C=O) groups is 1. The fourth-order valence-electron chi connectivity index (χ4n) is 2.47. The molecule has 0 heterocycles. The van der Waals surface area contributed by atoms with Gasteiger partial charge in [-0.15, -0.1) is 0 Å². The number of rotatable bonds is 8. The maximum atomic E-state index is 12.9. The van der Waals surface area contributed by atoms with Crippen molar-refractivity contribution in [3.8, 4) is 11.5 Å². The summed E-state index contributed by atoms with van der Waals surface area (Å²) < 4.78 is 24.2. The number of aryl methyl sites for hydroxylation is 2. The van der Waals surface area contributed by atoms with E-state index < -0.39 is 6.10 Å². The van der Waals surface area contributed by atoms with Gasteiger partial charge in [0, 0.05) is 0 Å². The highest BCUT2D eigenvalue weighted by Crippen LogP contribution is 2.16. The van der Waals surface area contributed by atoms with Gasteiger partial charge in [0.15, 0.2) is 6.10 Å². The Morgan fingerprint density at radius 1 is 1.08 bits per heavy atom. The Hall–Kier alpha value is -2.56. The number of carbonyl (C=O) groups excluding carboxylic acids is 1. The van der Waals surface area contributed by atoms with Crippen LogP contribution in [0.1, 0.15) is 24.5 Å². The summed E-state index contributed by atoms with van der Waals surface area (Å²) in [6, 6.07) is 11.6. The molecule has 0 spiro atoms. The van der Waals surface area contributed by atoms with Crippen molar-refractivity contribution in [3.63, 3.8) is 0 Å². The number of nitrogens with one attached hydrogen (secondary N) is 1. The Morgan fingerprint density at radius 3 is 2.32 bits per heavy atom. The third kappa shape index (κ3) is 6.10. The van der Waals surface area contributed by atoms with Gasteiger partial charge in [-0.05, 0) is 67.8 Å². The molecule has 0 aliphatic heterocycles. The summed E-state index contributed by atoms with van der Waals surface area (Å²) in [5.41, 5.74) is 2.27. The van der Waals surface area contributed by atoms with Gasteiger partial charge in [-0.2, -0.15) is 0 Å². The minimum Gasteiger partial charge on any atom is -0.492 e. The van der Waals surface area contributed by atoms with Crippen LogP contribution in [0, 0.1) is 19.7 Å². The Bertz CT molecular complexity index is 680. The zero-order chi connectivity index (χ0) is 18.2. The lowest BCUT2D eigenvalue weighted by Gasteiger charge is -2.17. The molecular formula is C20H24FNO3. The monoisotopic (exact) mass is 345 g/mol. The fraction of sp³-hybridized carbons (Fsp3) is 0.350. The van der Waals surface area contributed by atoms with Crippen LogP contribution in [-0.4, -0.2) is 25.2 Å². The van der Waals surface area contributed by atoms with Crippen LogP contribution >= 0.6 is 0 Å². The van der Waals surface area contributed by atoms with Gasteiger partial charge < -0.3 is 14.8 Å². The molecule has 1 amide bonds. The number of hydrogen-bond acceptors (Lipinski definition) is 3. The van der Waals surface area contributed by atoms with Gasteiger partial charge in [-0.25, -0.2) is 4.39 Å². The normalized spacial score (nSPS) is 11.7. The number of ether oxygens (including phenoxy) is 2.